The smallest absolute Gasteiger partial charge is 0.416 e. The zero-order chi connectivity index (χ0) is 14.8. The molecule has 0 bridgehead atoms. The second-order valence-corrected chi connectivity index (χ2v) is 5.00. The number of hydrogen-bond donors (Lipinski definition) is 1. The molecule has 0 aliphatic carbocycles. The maximum Gasteiger partial charge on any atom is 0.416 e. The molecule has 0 aliphatic rings. The Labute approximate surface area is 117 Å². The van der Waals surface area contributed by atoms with Crippen molar-refractivity contribution < 1.29 is 17.6 Å². The van der Waals surface area contributed by atoms with Crippen LogP contribution in [0.4, 0.5) is 18.9 Å². The molecule has 0 saturated carbocycles. The van der Waals surface area contributed by atoms with Gasteiger partial charge in [0.15, 0.2) is 0 Å². The van der Waals surface area contributed by atoms with Crippen molar-refractivity contribution in [2.45, 2.75) is 30.2 Å². The average molecular weight is 303 g/mol. The first-order valence-corrected chi connectivity index (χ1v) is 6.79. The lowest BCUT2D eigenvalue weighted by Crippen LogP contribution is -2.05. The fourth-order valence-electron chi connectivity index (χ4n) is 1.49. The third-order valence-electron chi connectivity index (χ3n) is 2.50. The first-order chi connectivity index (χ1) is 9.40. The fourth-order valence-corrected chi connectivity index (χ4v) is 2.27. The number of aromatic nitrogens is 2. The molecule has 0 atom stereocenters. The summed E-state index contributed by atoms with van der Waals surface area (Å²) in [6.07, 6.45) is -3.75. The summed E-state index contributed by atoms with van der Waals surface area (Å²) < 4.78 is 42.8. The molecule has 2 N–H and O–H groups in total. The number of halogens is 3. The topological polar surface area (TPSA) is 64.9 Å². The number of alkyl halides is 3. The van der Waals surface area contributed by atoms with Crippen LogP contribution in [0, 0.1) is 0 Å². The molecule has 0 spiro atoms. The molecule has 1 aromatic carbocycles. The lowest BCUT2D eigenvalue weighted by molar-refractivity contribution is -0.137. The SMILES string of the molecule is CCc1nnc(CSc2ccc(C(F)(F)F)cc2N)o1. The lowest BCUT2D eigenvalue weighted by atomic mass is 10.2. The number of nitrogens with two attached hydrogens (primary N) is 1. The Morgan fingerprint density at radius 1 is 1.25 bits per heavy atom. The minimum atomic E-state index is -4.39. The Balaban J connectivity index is 2.06. The van der Waals surface area contributed by atoms with Crippen LogP contribution >= 0.6 is 11.8 Å². The molecule has 20 heavy (non-hydrogen) atoms. The molecule has 8 heteroatoms. The number of benzene rings is 1. The van der Waals surface area contributed by atoms with E-state index in [1.165, 1.54) is 17.8 Å². The molecule has 0 unspecified atom stereocenters. The number of aryl methyl sites for hydroxylation is 1. The van der Waals surface area contributed by atoms with Gasteiger partial charge in [0.1, 0.15) is 0 Å². The molecule has 0 amide bonds. The summed E-state index contributed by atoms with van der Waals surface area (Å²) in [5.74, 6) is 1.31. The van der Waals surface area contributed by atoms with Gasteiger partial charge in [-0.1, -0.05) is 6.92 Å². The highest BCUT2D eigenvalue weighted by Gasteiger charge is 2.30. The third kappa shape index (κ3) is 3.44. The van der Waals surface area contributed by atoms with E-state index in [4.69, 9.17) is 10.2 Å². The zero-order valence-corrected chi connectivity index (χ0v) is 11.4. The third-order valence-corrected chi connectivity index (χ3v) is 3.57. The van der Waals surface area contributed by atoms with Crippen molar-refractivity contribution in [2.24, 2.45) is 0 Å². The van der Waals surface area contributed by atoms with Crippen molar-refractivity contribution in [3.8, 4) is 0 Å². The molecule has 2 aromatic rings. The van der Waals surface area contributed by atoms with Crippen LogP contribution in [0.25, 0.3) is 0 Å². The quantitative estimate of drug-likeness (QED) is 0.691. The van der Waals surface area contributed by atoms with Crippen molar-refractivity contribution in [2.75, 3.05) is 5.73 Å². The molecule has 1 heterocycles. The van der Waals surface area contributed by atoms with Crippen LogP contribution in [0.2, 0.25) is 0 Å². The minimum Gasteiger partial charge on any atom is -0.424 e. The molecular weight excluding hydrogens is 291 g/mol. The highest BCUT2D eigenvalue weighted by molar-refractivity contribution is 7.98. The van der Waals surface area contributed by atoms with Crippen LogP contribution in [0.3, 0.4) is 0 Å². The van der Waals surface area contributed by atoms with Gasteiger partial charge in [0.25, 0.3) is 0 Å². The zero-order valence-electron chi connectivity index (χ0n) is 10.6. The molecule has 1 aromatic heterocycles. The lowest BCUT2D eigenvalue weighted by Gasteiger charge is -2.09. The van der Waals surface area contributed by atoms with Gasteiger partial charge in [0, 0.05) is 17.0 Å². The average Bonchev–Trinajstić information content (AvgIpc) is 2.84. The summed E-state index contributed by atoms with van der Waals surface area (Å²) in [7, 11) is 0. The van der Waals surface area contributed by atoms with Crippen LogP contribution in [0.5, 0.6) is 0 Å². The van der Waals surface area contributed by atoms with E-state index in [1.807, 2.05) is 6.92 Å². The maximum atomic E-state index is 12.5. The number of nitrogen functional groups attached to an aromatic ring is 1. The molecule has 0 saturated heterocycles. The summed E-state index contributed by atoms with van der Waals surface area (Å²) in [5, 5.41) is 7.64. The van der Waals surface area contributed by atoms with Gasteiger partial charge in [-0.25, -0.2) is 0 Å². The number of rotatable bonds is 4. The van der Waals surface area contributed by atoms with E-state index >= 15 is 0 Å². The van der Waals surface area contributed by atoms with Gasteiger partial charge in [0.2, 0.25) is 11.8 Å². The number of anilines is 1. The van der Waals surface area contributed by atoms with E-state index in [9.17, 15) is 13.2 Å². The first kappa shape index (κ1) is 14.7. The van der Waals surface area contributed by atoms with Crippen LogP contribution in [-0.2, 0) is 18.3 Å². The Bertz CT molecular complexity index is 598. The number of thioether (sulfide) groups is 1. The van der Waals surface area contributed by atoms with Crippen molar-refractivity contribution in [3.63, 3.8) is 0 Å². The molecule has 108 valence electrons. The molecule has 4 nitrogen and oxygen atoms in total. The van der Waals surface area contributed by atoms with Crippen molar-refractivity contribution in [1.82, 2.24) is 10.2 Å². The molecular formula is C12H12F3N3OS. The van der Waals surface area contributed by atoms with Gasteiger partial charge in [-0.2, -0.15) is 13.2 Å². The summed E-state index contributed by atoms with van der Waals surface area (Å²) in [6.45, 7) is 1.89. The Morgan fingerprint density at radius 2 is 1.95 bits per heavy atom. The summed E-state index contributed by atoms with van der Waals surface area (Å²) in [6, 6.07) is 3.28. The Hall–Kier alpha value is -1.70. The van der Waals surface area contributed by atoms with E-state index in [0.717, 1.165) is 12.1 Å². The molecule has 0 radical (unpaired) electrons. The summed E-state index contributed by atoms with van der Waals surface area (Å²) in [4.78, 5) is 0.550. The van der Waals surface area contributed by atoms with Gasteiger partial charge in [-0.15, -0.1) is 22.0 Å². The van der Waals surface area contributed by atoms with Crippen LogP contribution in [-0.4, -0.2) is 10.2 Å². The fraction of sp³-hybridized carbons (Fsp3) is 0.333. The second-order valence-electron chi connectivity index (χ2n) is 3.98. The van der Waals surface area contributed by atoms with E-state index in [0.29, 0.717) is 28.9 Å². The van der Waals surface area contributed by atoms with Crippen molar-refractivity contribution >= 4 is 17.4 Å². The van der Waals surface area contributed by atoms with Crippen LogP contribution in [0.15, 0.2) is 27.5 Å². The predicted molar refractivity (Wildman–Crippen MR) is 69.1 cm³/mol. The monoisotopic (exact) mass is 303 g/mol. The van der Waals surface area contributed by atoms with Gasteiger partial charge in [-0.05, 0) is 18.2 Å². The van der Waals surface area contributed by atoms with E-state index in [1.54, 1.807) is 0 Å². The van der Waals surface area contributed by atoms with Crippen LogP contribution in [0.1, 0.15) is 24.3 Å². The van der Waals surface area contributed by atoms with E-state index in [2.05, 4.69) is 10.2 Å². The second kappa shape index (κ2) is 5.74. The van der Waals surface area contributed by atoms with Gasteiger partial charge >= 0.3 is 6.18 Å². The van der Waals surface area contributed by atoms with Gasteiger partial charge < -0.3 is 10.2 Å². The van der Waals surface area contributed by atoms with Crippen molar-refractivity contribution in [1.29, 1.82) is 0 Å². The standard InChI is InChI=1S/C12H12F3N3OS/c1-2-10-17-18-11(19-10)6-20-9-4-3-7(5-8(9)16)12(13,14)15/h3-5H,2,6,16H2,1H3. The maximum absolute atomic E-state index is 12.5. The molecule has 0 fully saturated rings. The summed E-state index contributed by atoms with van der Waals surface area (Å²) in [5.41, 5.74) is 4.95. The Morgan fingerprint density at radius 3 is 2.50 bits per heavy atom. The summed E-state index contributed by atoms with van der Waals surface area (Å²) >= 11 is 1.25. The van der Waals surface area contributed by atoms with Gasteiger partial charge in [0.05, 0.1) is 11.3 Å². The predicted octanol–water partition coefficient (Wildman–Crippen LogP) is 3.53. The van der Waals surface area contributed by atoms with Crippen LogP contribution < -0.4 is 5.73 Å². The highest BCUT2D eigenvalue weighted by Crippen LogP contribution is 2.35. The normalized spacial score (nSPS) is 11.8. The molecule has 2 rings (SSSR count). The minimum absolute atomic E-state index is 0.0834. The first-order valence-electron chi connectivity index (χ1n) is 5.81. The Kier molecular flexibility index (Phi) is 4.22. The molecule has 0 aliphatic heterocycles. The van der Waals surface area contributed by atoms with E-state index < -0.39 is 11.7 Å². The van der Waals surface area contributed by atoms with Gasteiger partial charge in [-0.3, -0.25) is 0 Å². The number of hydrogen-bond acceptors (Lipinski definition) is 5. The van der Waals surface area contributed by atoms with E-state index in [-0.39, 0.29) is 5.69 Å². The van der Waals surface area contributed by atoms with Crippen molar-refractivity contribution in [3.05, 3.63) is 35.5 Å². The largest absolute Gasteiger partial charge is 0.424 e. The highest BCUT2D eigenvalue weighted by atomic mass is 32.2. The number of nitrogens with zero attached hydrogens (tertiary/aromatic N) is 2.